The minimum absolute atomic E-state index is 0.00547. The quantitative estimate of drug-likeness (QED) is 0.669. The minimum atomic E-state index is -0.907. The number of anilines is 1. The molecule has 2 N–H and O–H groups in total. The number of hydrogen-bond donors (Lipinski definition) is 2. The molecular formula is C26H32N2O5. The number of morpholine rings is 1. The van der Waals surface area contributed by atoms with E-state index in [4.69, 9.17) is 9.47 Å². The molecule has 0 unspecified atom stereocenters. The topological polar surface area (TPSA) is 88.1 Å². The summed E-state index contributed by atoms with van der Waals surface area (Å²) in [6.45, 7) is 0.637. The lowest BCUT2D eigenvalue weighted by molar-refractivity contribution is -0.155. The second-order valence-electron chi connectivity index (χ2n) is 8.84. The maximum atomic E-state index is 12.6. The SMILES string of the molecule is COc1ccc(CN2C(=O)COC[C@@H]2[C@H](O)c2ccc(NC(=O)C3CCCCC3)cc2)cc1. The van der Waals surface area contributed by atoms with Crippen molar-refractivity contribution in [3.63, 3.8) is 0 Å². The van der Waals surface area contributed by atoms with E-state index in [1.165, 1.54) is 6.42 Å². The van der Waals surface area contributed by atoms with Crippen molar-refractivity contribution in [3.8, 4) is 5.75 Å². The average molecular weight is 453 g/mol. The molecule has 2 amide bonds. The Bertz CT molecular complexity index is 938. The fourth-order valence-electron chi connectivity index (χ4n) is 4.61. The largest absolute Gasteiger partial charge is 0.497 e. The average Bonchev–Trinajstić information content (AvgIpc) is 2.86. The Morgan fingerprint density at radius 2 is 1.82 bits per heavy atom. The third-order valence-electron chi connectivity index (χ3n) is 6.61. The summed E-state index contributed by atoms with van der Waals surface area (Å²) in [5, 5.41) is 14.1. The van der Waals surface area contributed by atoms with Crippen molar-refractivity contribution >= 4 is 17.5 Å². The highest BCUT2D eigenvalue weighted by atomic mass is 16.5. The molecule has 7 heteroatoms. The van der Waals surface area contributed by atoms with Crippen LogP contribution in [0.25, 0.3) is 0 Å². The molecule has 2 aromatic rings. The van der Waals surface area contributed by atoms with Crippen LogP contribution in [0.5, 0.6) is 5.75 Å². The lowest BCUT2D eigenvalue weighted by Crippen LogP contribution is -2.51. The number of carbonyl (C=O) groups is 2. The first kappa shape index (κ1) is 23.3. The first-order chi connectivity index (χ1) is 16.0. The molecule has 0 radical (unpaired) electrons. The fraction of sp³-hybridized carbons (Fsp3) is 0.462. The zero-order valence-corrected chi connectivity index (χ0v) is 19.0. The van der Waals surface area contributed by atoms with E-state index in [0.717, 1.165) is 37.0 Å². The van der Waals surface area contributed by atoms with Gasteiger partial charge in [-0.25, -0.2) is 0 Å². The van der Waals surface area contributed by atoms with E-state index in [1.807, 2.05) is 24.3 Å². The van der Waals surface area contributed by atoms with Gasteiger partial charge in [0.2, 0.25) is 11.8 Å². The van der Waals surface area contributed by atoms with Crippen LogP contribution in [0.1, 0.15) is 49.3 Å². The van der Waals surface area contributed by atoms with Crippen LogP contribution in [-0.4, -0.2) is 48.2 Å². The van der Waals surface area contributed by atoms with Crippen LogP contribution in [-0.2, 0) is 20.9 Å². The van der Waals surface area contributed by atoms with E-state index in [1.54, 1.807) is 36.3 Å². The molecule has 4 rings (SSSR count). The highest BCUT2D eigenvalue weighted by Gasteiger charge is 2.34. The highest BCUT2D eigenvalue weighted by molar-refractivity contribution is 5.92. The number of carbonyl (C=O) groups excluding carboxylic acids is 2. The number of nitrogens with zero attached hydrogens (tertiary/aromatic N) is 1. The number of ether oxygens (including phenoxy) is 2. The van der Waals surface area contributed by atoms with Gasteiger partial charge in [0.25, 0.3) is 0 Å². The summed E-state index contributed by atoms with van der Waals surface area (Å²) in [5.41, 5.74) is 2.34. The molecule has 2 fully saturated rings. The molecular weight excluding hydrogens is 420 g/mol. The zero-order valence-electron chi connectivity index (χ0n) is 19.0. The molecule has 2 atom stereocenters. The number of nitrogens with one attached hydrogen (secondary N) is 1. The van der Waals surface area contributed by atoms with E-state index >= 15 is 0 Å². The van der Waals surface area contributed by atoms with Crippen LogP contribution >= 0.6 is 0 Å². The van der Waals surface area contributed by atoms with Gasteiger partial charge in [-0.15, -0.1) is 0 Å². The van der Waals surface area contributed by atoms with Crippen LogP contribution in [0, 0.1) is 5.92 Å². The Morgan fingerprint density at radius 3 is 2.48 bits per heavy atom. The van der Waals surface area contributed by atoms with Crippen LogP contribution < -0.4 is 10.1 Å². The lowest BCUT2D eigenvalue weighted by atomic mass is 9.88. The molecule has 1 aliphatic carbocycles. The summed E-state index contributed by atoms with van der Waals surface area (Å²) in [7, 11) is 1.61. The molecule has 7 nitrogen and oxygen atoms in total. The van der Waals surface area contributed by atoms with Gasteiger partial charge in [-0.3, -0.25) is 9.59 Å². The number of aliphatic hydroxyl groups excluding tert-OH is 1. The second-order valence-corrected chi connectivity index (χ2v) is 8.84. The number of methoxy groups -OCH3 is 1. The van der Waals surface area contributed by atoms with Crippen molar-refractivity contribution in [3.05, 3.63) is 59.7 Å². The van der Waals surface area contributed by atoms with E-state index < -0.39 is 12.1 Å². The Labute approximate surface area is 194 Å². The van der Waals surface area contributed by atoms with Crippen LogP contribution in [0.4, 0.5) is 5.69 Å². The Balaban J connectivity index is 1.42. The van der Waals surface area contributed by atoms with Crippen LogP contribution in [0.15, 0.2) is 48.5 Å². The maximum absolute atomic E-state index is 12.6. The van der Waals surface area contributed by atoms with E-state index in [-0.39, 0.29) is 30.9 Å². The number of rotatable bonds is 7. The van der Waals surface area contributed by atoms with E-state index in [2.05, 4.69) is 5.32 Å². The molecule has 2 aliphatic rings. The first-order valence-corrected chi connectivity index (χ1v) is 11.6. The molecule has 176 valence electrons. The van der Waals surface area contributed by atoms with Crippen LogP contribution in [0.2, 0.25) is 0 Å². The molecule has 1 heterocycles. The van der Waals surface area contributed by atoms with Crippen molar-refractivity contribution < 1.29 is 24.2 Å². The third-order valence-corrected chi connectivity index (χ3v) is 6.61. The van der Waals surface area contributed by atoms with E-state index in [0.29, 0.717) is 17.8 Å². The van der Waals surface area contributed by atoms with Gasteiger partial charge in [-0.05, 0) is 48.2 Å². The molecule has 33 heavy (non-hydrogen) atoms. The predicted octanol–water partition coefficient (Wildman–Crippen LogP) is 3.68. The Kier molecular flexibility index (Phi) is 7.62. The lowest BCUT2D eigenvalue weighted by Gasteiger charge is -2.38. The summed E-state index contributed by atoms with van der Waals surface area (Å²) in [6, 6.07) is 14.2. The van der Waals surface area contributed by atoms with Crippen molar-refractivity contribution in [2.45, 2.75) is 50.8 Å². The van der Waals surface area contributed by atoms with Gasteiger partial charge in [0.1, 0.15) is 18.5 Å². The number of aliphatic hydroxyl groups is 1. The maximum Gasteiger partial charge on any atom is 0.249 e. The van der Waals surface area contributed by atoms with Crippen molar-refractivity contribution in [2.75, 3.05) is 25.6 Å². The molecule has 0 spiro atoms. The number of hydrogen-bond acceptors (Lipinski definition) is 5. The monoisotopic (exact) mass is 452 g/mol. The summed E-state index contributed by atoms with van der Waals surface area (Å²) in [4.78, 5) is 26.8. The molecule has 1 aliphatic heterocycles. The van der Waals surface area contributed by atoms with Gasteiger partial charge in [0, 0.05) is 18.2 Å². The molecule has 1 saturated carbocycles. The molecule has 0 bridgehead atoms. The van der Waals surface area contributed by atoms with Gasteiger partial charge in [0.15, 0.2) is 0 Å². The van der Waals surface area contributed by atoms with Gasteiger partial charge in [0.05, 0.1) is 19.8 Å². The summed E-state index contributed by atoms with van der Waals surface area (Å²) in [5.74, 6) is 0.748. The summed E-state index contributed by atoms with van der Waals surface area (Å²) < 4.78 is 10.7. The van der Waals surface area contributed by atoms with Crippen molar-refractivity contribution in [2.24, 2.45) is 5.92 Å². The van der Waals surface area contributed by atoms with E-state index in [9.17, 15) is 14.7 Å². The van der Waals surface area contributed by atoms with Crippen molar-refractivity contribution in [1.82, 2.24) is 4.90 Å². The molecule has 2 aromatic carbocycles. The normalized spacial score (nSPS) is 20.4. The van der Waals surface area contributed by atoms with Crippen molar-refractivity contribution in [1.29, 1.82) is 0 Å². The number of benzene rings is 2. The van der Waals surface area contributed by atoms with Gasteiger partial charge in [-0.2, -0.15) is 0 Å². The smallest absolute Gasteiger partial charge is 0.249 e. The molecule has 1 saturated heterocycles. The number of amides is 2. The zero-order chi connectivity index (χ0) is 23.2. The fourth-order valence-corrected chi connectivity index (χ4v) is 4.61. The van der Waals surface area contributed by atoms with Crippen LogP contribution in [0.3, 0.4) is 0 Å². The van der Waals surface area contributed by atoms with Gasteiger partial charge >= 0.3 is 0 Å². The first-order valence-electron chi connectivity index (χ1n) is 11.6. The summed E-state index contributed by atoms with van der Waals surface area (Å²) >= 11 is 0. The predicted molar refractivity (Wildman–Crippen MR) is 125 cm³/mol. The minimum Gasteiger partial charge on any atom is -0.497 e. The van der Waals surface area contributed by atoms with Gasteiger partial charge in [-0.1, -0.05) is 43.5 Å². The van der Waals surface area contributed by atoms with Gasteiger partial charge < -0.3 is 24.8 Å². The Morgan fingerprint density at radius 1 is 1.12 bits per heavy atom. The Hall–Kier alpha value is -2.90. The highest BCUT2D eigenvalue weighted by Crippen LogP contribution is 2.28. The molecule has 0 aromatic heterocycles. The summed E-state index contributed by atoms with van der Waals surface area (Å²) in [6.07, 6.45) is 4.41. The third kappa shape index (κ3) is 5.72. The second kappa shape index (κ2) is 10.8. The standard InChI is InChI=1S/C26H32N2O5/c1-32-22-13-7-18(8-14-22)15-28-23(16-33-17-24(28)29)25(30)19-9-11-21(12-10-19)27-26(31)20-5-3-2-4-6-20/h7-14,20,23,25,30H,2-6,15-17H2,1H3,(H,27,31)/t23-,25-/m1/s1.